The van der Waals surface area contributed by atoms with Gasteiger partial charge in [0.2, 0.25) is 5.91 Å². The Kier molecular flexibility index (Phi) is 5.70. The summed E-state index contributed by atoms with van der Waals surface area (Å²) in [6.45, 7) is 4.22. The smallest absolute Gasteiger partial charge is 0.237 e. The number of hydrogen-bond acceptors (Lipinski definition) is 3. The minimum Gasteiger partial charge on any atom is -0.395 e. The summed E-state index contributed by atoms with van der Waals surface area (Å²) in [6, 6.07) is 6.44. The van der Waals surface area contributed by atoms with Crippen LogP contribution in [0.25, 0.3) is 0 Å². The third kappa shape index (κ3) is 4.25. The third-order valence-electron chi connectivity index (χ3n) is 4.05. The second kappa shape index (κ2) is 7.52. The summed E-state index contributed by atoms with van der Waals surface area (Å²) >= 11 is 0. The number of carbonyl (C=O) groups is 1. The van der Waals surface area contributed by atoms with Gasteiger partial charge < -0.3 is 10.0 Å². The predicted molar refractivity (Wildman–Crippen MR) is 79.2 cm³/mol. The normalized spacial score (nSPS) is 18.9. The van der Waals surface area contributed by atoms with Gasteiger partial charge in [-0.05, 0) is 44.0 Å². The molecule has 1 aromatic carbocycles. The zero-order chi connectivity index (χ0) is 15.2. The van der Waals surface area contributed by atoms with Crippen LogP contribution < -0.4 is 0 Å². The number of aliphatic hydroxyl groups excluding tert-OH is 1. The highest BCUT2D eigenvalue weighted by Crippen LogP contribution is 2.17. The molecule has 0 aliphatic carbocycles. The summed E-state index contributed by atoms with van der Waals surface area (Å²) in [7, 11) is 0. The van der Waals surface area contributed by atoms with E-state index in [1.807, 2.05) is 17.9 Å². The van der Waals surface area contributed by atoms with Crippen LogP contribution in [0.4, 0.5) is 4.39 Å². The average molecular weight is 294 g/mol. The number of hydrogen-bond donors (Lipinski definition) is 1. The predicted octanol–water partition coefficient (Wildman–Crippen LogP) is 1.63. The van der Waals surface area contributed by atoms with Crippen LogP contribution in [0.3, 0.4) is 0 Å². The number of amides is 1. The monoisotopic (exact) mass is 294 g/mol. The Morgan fingerprint density at radius 2 is 2.33 bits per heavy atom. The summed E-state index contributed by atoms with van der Waals surface area (Å²) in [5.74, 6) is -0.252. The van der Waals surface area contributed by atoms with Crippen LogP contribution in [0.1, 0.15) is 25.3 Å². The summed E-state index contributed by atoms with van der Waals surface area (Å²) in [5.41, 5.74) is 0.797. The molecule has 116 valence electrons. The van der Waals surface area contributed by atoms with Crippen LogP contribution in [-0.4, -0.2) is 53.1 Å². The number of halogens is 1. The first-order valence-electron chi connectivity index (χ1n) is 7.51. The van der Waals surface area contributed by atoms with Crippen LogP contribution in [-0.2, 0) is 11.3 Å². The highest BCUT2D eigenvalue weighted by atomic mass is 19.1. The molecule has 0 aromatic heterocycles. The largest absolute Gasteiger partial charge is 0.395 e. The van der Waals surface area contributed by atoms with E-state index in [1.165, 1.54) is 12.1 Å². The van der Waals surface area contributed by atoms with Gasteiger partial charge in [-0.25, -0.2) is 4.39 Å². The van der Waals surface area contributed by atoms with E-state index >= 15 is 0 Å². The molecule has 1 aliphatic heterocycles. The molecule has 1 saturated heterocycles. The molecule has 1 fully saturated rings. The summed E-state index contributed by atoms with van der Waals surface area (Å²) < 4.78 is 13.2. The van der Waals surface area contributed by atoms with E-state index in [-0.39, 0.29) is 24.4 Å². The first-order chi connectivity index (χ1) is 10.1. The van der Waals surface area contributed by atoms with Crippen LogP contribution in [0.5, 0.6) is 0 Å². The summed E-state index contributed by atoms with van der Waals surface area (Å²) in [4.78, 5) is 16.2. The second-order valence-corrected chi connectivity index (χ2v) is 5.49. The van der Waals surface area contributed by atoms with E-state index < -0.39 is 0 Å². The molecule has 1 aliphatic rings. The van der Waals surface area contributed by atoms with Gasteiger partial charge in [-0.15, -0.1) is 0 Å². The van der Waals surface area contributed by atoms with E-state index in [2.05, 4.69) is 0 Å². The highest BCUT2D eigenvalue weighted by molar-refractivity contribution is 5.78. The van der Waals surface area contributed by atoms with Gasteiger partial charge in [0.05, 0.1) is 13.2 Å². The molecule has 0 saturated carbocycles. The maximum absolute atomic E-state index is 13.2. The molecule has 2 rings (SSSR count). The van der Waals surface area contributed by atoms with Crippen molar-refractivity contribution in [3.8, 4) is 0 Å². The number of likely N-dealkylation sites (N-methyl/N-ethyl adjacent to an activating group) is 1. The Labute approximate surface area is 125 Å². The van der Waals surface area contributed by atoms with E-state index in [0.717, 1.165) is 24.9 Å². The molecule has 1 amide bonds. The minimum atomic E-state index is -0.282. The molecular weight excluding hydrogens is 271 g/mol. The fourth-order valence-corrected chi connectivity index (χ4v) is 2.82. The molecule has 0 spiro atoms. The zero-order valence-corrected chi connectivity index (χ0v) is 12.5. The van der Waals surface area contributed by atoms with Gasteiger partial charge in [0.1, 0.15) is 5.82 Å². The Balaban J connectivity index is 1.95. The minimum absolute atomic E-state index is 0.0297. The first kappa shape index (κ1) is 15.9. The summed E-state index contributed by atoms with van der Waals surface area (Å²) in [6.07, 6.45) is 1.97. The second-order valence-electron chi connectivity index (χ2n) is 5.49. The zero-order valence-electron chi connectivity index (χ0n) is 12.5. The van der Waals surface area contributed by atoms with Gasteiger partial charge in [-0.1, -0.05) is 12.1 Å². The Morgan fingerprint density at radius 1 is 1.52 bits per heavy atom. The van der Waals surface area contributed by atoms with Gasteiger partial charge in [0, 0.05) is 19.1 Å². The summed E-state index contributed by atoms with van der Waals surface area (Å²) in [5, 5.41) is 9.30. The van der Waals surface area contributed by atoms with Crippen molar-refractivity contribution >= 4 is 5.91 Å². The Hall–Kier alpha value is -1.46. The molecule has 1 heterocycles. The molecule has 4 nitrogen and oxygen atoms in total. The lowest BCUT2D eigenvalue weighted by atomic mass is 10.2. The van der Waals surface area contributed by atoms with Crippen molar-refractivity contribution in [3.63, 3.8) is 0 Å². The molecule has 0 bridgehead atoms. The standard InChI is InChI=1S/C16H23FN2O2/c1-2-18(10-13-5-3-6-14(17)9-13)16(21)11-19-8-4-7-15(19)12-20/h3,5-6,9,15,20H,2,4,7-8,10-12H2,1H3/t15-/m1/s1. The van der Waals surface area contributed by atoms with Crippen LogP contribution in [0.2, 0.25) is 0 Å². The fourth-order valence-electron chi connectivity index (χ4n) is 2.82. The van der Waals surface area contributed by atoms with Crippen molar-refractivity contribution in [3.05, 3.63) is 35.6 Å². The molecule has 5 heteroatoms. The van der Waals surface area contributed by atoms with Gasteiger partial charge in [-0.2, -0.15) is 0 Å². The van der Waals surface area contributed by atoms with E-state index in [0.29, 0.717) is 19.6 Å². The lowest BCUT2D eigenvalue weighted by molar-refractivity contribution is -0.133. The van der Waals surface area contributed by atoms with Crippen LogP contribution in [0, 0.1) is 5.82 Å². The third-order valence-corrected chi connectivity index (χ3v) is 4.05. The molecule has 1 aromatic rings. The number of rotatable bonds is 6. The number of carbonyl (C=O) groups excluding carboxylic acids is 1. The Morgan fingerprint density at radius 3 is 3.00 bits per heavy atom. The number of benzene rings is 1. The quantitative estimate of drug-likeness (QED) is 0.867. The maximum Gasteiger partial charge on any atom is 0.237 e. The van der Waals surface area contributed by atoms with E-state index in [4.69, 9.17) is 0 Å². The molecule has 0 unspecified atom stereocenters. The van der Waals surface area contributed by atoms with Crippen LogP contribution in [0.15, 0.2) is 24.3 Å². The van der Waals surface area contributed by atoms with Gasteiger partial charge >= 0.3 is 0 Å². The van der Waals surface area contributed by atoms with Crippen LogP contribution >= 0.6 is 0 Å². The first-order valence-corrected chi connectivity index (χ1v) is 7.51. The van der Waals surface area contributed by atoms with Crippen molar-refractivity contribution in [1.29, 1.82) is 0 Å². The highest BCUT2D eigenvalue weighted by Gasteiger charge is 2.26. The molecule has 0 radical (unpaired) electrons. The van der Waals surface area contributed by atoms with Gasteiger partial charge in [0.15, 0.2) is 0 Å². The number of likely N-dealkylation sites (tertiary alicyclic amines) is 1. The fraction of sp³-hybridized carbons (Fsp3) is 0.562. The van der Waals surface area contributed by atoms with Crippen molar-refractivity contribution in [2.45, 2.75) is 32.4 Å². The topological polar surface area (TPSA) is 43.8 Å². The molecular formula is C16H23FN2O2. The molecule has 1 N–H and O–H groups in total. The Bertz CT molecular complexity index is 481. The van der Waals surface area contributed by atoms with E-state index in [9.17, 15) is 14.3 Å². The van der Waals surface area contributed by atoms with Crippen molar-refractivity contribution < 1.29 is 14.3 Å². The van der Waals surface area contributed by atoms with Crippen molar-refractivity contribution in [2.75, 3.05) is 26.2 Å². The number of nitrogens with zero attached hydrogens (tertiary/aromatic N) is 2. The maximum atomic E-state index is 13.2. The molecule has 21 heavy (non-hydrogen) atoms. The van der Waals surface area contributed by atoms with Crippen molar-refractivity contribution in [1.82, 2.24) is 9.80 Å². The van der Waals surface area contributed by atoms with E-state index in [1.54, 1.807) is 11.0 Å². The van der Waals surface area contributed by atoms with Gasteiger partial charge in [0.25, 0.3) is 0 Å². The SMILES string of the molecule is CCN(Cc1cccc(F)c1)C(=O)CN1CCC[C@@H]1CO. The molecule has 1 atom stereocenters. The average Bonchev–Trinajstić information content (AvgIpc) is 2.91. The van der Waals surface area contributed by atoms with Crippen molar-refractivity contribution in [2.24, 2.45) is 0 Å². The lowest BCUT2D eigenvalue weighted by Gasteiger charge is -2.27. The number of aliphatic hydroxyl groups is 1. The van der Waals surface area contributed by atoms with Gasteiger partial charge in [-0.3, -0.25) is 9.69 Å². The lowest BCUT2D eigenvalue weighted by Crippen LogP contribution is -2.42.